The molecule has 0 fully saturated rings. The first-order valence-corrected chi connectivity index (χ1v) is 5.21. The first-order chi connectivity index (χ1) is 7.77. The van der Waals surface area contributed by atoms with Crippen LogP contribution in [0.2, 0.25) is 0 Å². The van der Waals surface area contributed by atoms with Gasteiger partial charge in [0.05, 0.1) is 31.5 Å². The maximum Gasteiger partial charge on any atom is 0.0991 e. The number of hydrogen-bond acceptors (Lipinski definition) is 4. The predicted molar refractivity (Wildman–Crippen MR) is 62.3 cm³/mol. The minimum absolute atomic E-state index is 0.0515. The standard InChI is InChI=1S/C12H16N2O2/c1-10-8-11(9-13)2-3-12(10)14-4-6-16-7-5-15/h2-3,8,14-15H,4-7H2,1H3. The summed E-state index contributed by atoms with van der Waals surface area (Å²) in [5, 5.41) is 20.4. The van der Waals surface area contributed by atoms with E-state index < -0.39 is 0 Å². The van der Waals surface area contributed by atoms with Crippen LogP contribution in [0.5, 0.6) is 0 Å². The maximum absolute atomic E-state index is 8.71. The van der Waals surface area contributed by atoms with Gasteiger partial charge in [0.15, 0.2) is 0 Å². The highest BCUT2D eigenvalue weighted by atomic mass is 16.5. The summed E-state index contributed by atoms with van der Waals surface area (Å²) in [6, 6.07) is 7.61. The Hall–Kier alpha value is -1.57. The molecule has 0 bridgehead atoms. The number of benzene rings is 1. The number of ether oxygens (including phenoxy) is 1. The van der Waals surface area contributed by atoms with Crippen molar-refractivity contribution in [1.29, 1.82) is 5.26 Å². The topological polar surface area (TPSA) is 65.3 Å². The first kappa shape index (κ1) is 12.5. The number of rotatable bonds is 6. The molecule has 1 aromatic rings. The number of aryl methyl sites for hydroxylation is 1. The van der Waals surface area contributed by atoms with E-state index in [0.29, 0.717) is 25.3 Å². The summed E-state index contributed by atoms with van der Waals surface area (Å²) in [7, 11) is 0. The Labute approximate surface area is 95.5 Å². The molecule has 2 N–H and O–H groups in total. The van der Waals surface area contributed by atoms with E-state index in [1.807, 2.05) is 19.1 Å². The molecule has 0 saturated carbocycles. The molecule has 0 atom stereocenters. The van der Waals surface area contributed by atoms with Crippen LogP contribution in [-0.2, 0) is 4.74 Å². The molecule has 0 spiro atoms. The van der Waals surface area contributed by atoms with E-state index >= 15 is 0 Å². The van der Waals surface area contributed by atoms with Crippen LogP contribution in [0.25, 0.3) is 0 Å². The fraction of sp³-hybridized carbons (Fsp3) is 0.417. The zero-order valence-electron chi connectivity index (χ0n) is 9.36. The van der Waals surface area contributed by atoms with Crippen LogP contribution in [0, 0.1) is 18.3 Å². The van der Waals surface area contributed by atoms with Crippen LogP contribution in [-0.4, -0.2) is 31.5 Å². The van der Waals surface area contributed by atoms with Gasteiger partial charge in [-0.3, -0.25) is 0 Å². The highest BCUT2D eigenvalue weighted by molar-refractivity contribution is 5.53. The van der Waals surface area contributed by atoms with Gasteiger partial charge in [-0.1, -0.05) is 0 Å². The molecular formula is C12H16N2O2. The molecule has 0 aliphatic carbocycles. The molecule has 0 aromatic heterocycles. The molecule has 4 heteroatoms. The Morgan fingerprint density at radius 3 is 2.88 bits per heavy atom. The second kappa shape index (κ2) is 6.83. The van der Waals surface area contributed by atoms with E-state index in [1.165, 1.54) is 0 Å². The van der Waals surface area contributed by atoms with E-state index in [4.69, 9.17) is 15.1 Å². The van der Waals surface area contributed by atoms with Gasteiger partial charge in [0.25, 0.3) is 0 Å². The van der Waals surface area contributed by atoms with Gasteiger partial charge < -0.3 is 15.2 Å². The average molecular weight is 220 g/mol. The van der Waals surface area contributed by atoms with Crippen LogP contribution in [0.15, 0.2) is 18.2 Å². The van der Waals surface area contributed by atoms with Crippen LogP contribution >= 0.6 is 0 Å². The lowest BCUT2D eigenvalue weighted by Gasteiger charge is -2.09. The third-order valence-electron chi connectivity index (χ3n) is 2.15. The highest BCUT2D eigenvalue weighted by Crippen LogP contribution is 2.15. The summed E-state index contributed by atoms with van der Waals surface area (Å²) in [6.07, 6.45) is 0. The molecule has 0 unspecified atom stereocenters. The van der Waals surface area contributed by atoms with Crippen molar-refractivity contribution in [1.82, 2.24) is 0 Å². The van der Waals surface area contributed by atoms with E-state index in [-0.39, 0.29) is 6.61 Å². The van der Waals surface area contributed by atoms with Crippen LogP contribution in [0.1, 0.15) is 11.1 Å². The normalized spacial score (nSPS) is 9.81. The second-order valence-corrected chi connectivity index (χ2v) is 3.40. The van der Waals surface area contributed by atoms with Gasteiger partial charge in [0.2, 0.25) is 0 Å². The molecule has 1 rings (SSSR count). The van der Waals surface area contributed by atoms with Crippen molar-refractivity contribution in [2.75, 3.05) is 31.7 Å². The average Bonchev–Trinajstić information content (AvgIpc) is 2.30. The number of hydrogen-bond donors (Lipinski definition) is 2. The summed E-state index contributed by atoms with van der Waals surface area (Å²) in [5.74, 6) is 0. The SMILES string of the molecule is Cc1cc(C#N)ccc1NCCOCCO. The number of anilines is 1. The van der Waals surface area contributed by atoms with Crippen molar-refractivity contribution in [3.05, 3.63) is 29.3 Å². The Balaban J connectivity index is 2.40. The van der Waals surface area contributed by atoms with Crippen LogP contribution < -0.4 is 5.32 Å². The Kier molecular flexibility index (Phi) is 5.34. The third-order valence-corrected chi connectivity index (χ3v) is 2.15. The summed E-state index contributed by atoms with van der Waals surface area (Å²) in [5.41, 5.74) is 2.72. The second-order valence-electron chi connectivity index (χ2n) is 3.40. The molecule has 4 nitrogen and oxygen atoms in total. The fourth-order valence-electron chi connectivity index (χ4n) is 1.36. The zero-order valence-corrected chi connectivity index (χ0v) is 9.36. The van der Waals surface area contributed by atoms with E-state index in [9.17, 15) is 0 Å². The first-order valence-electron chi connectivity index (χ1n) is 5.21. The summed E-state index contributed by atoms with van der Waals surface area (Å²) in [6.45, 7) is 3.62. The molecule has 86 valence electrons. The molecule has 0 aliphatic rings. The minimum atomic E-state index is 0.0515. The Morgan fingerprint density at radius 1 is 1.44 bits per heavy atom. The van der Waals surface area contributed by atoms with Crippen LogP contribution in [0.3, 0.4) is 0 Å². The van der Waals surface area contributed by atoms with Crippen molar-refractivity contribution < 1.29 is 9.84 Å². The molecule has 1 aromatic carbocycles. The number of nitriles is 1. The molecule has 0 heterocycles. The van der Waals surface area contributed by atoms with Crippen molar-refractivity contribution >= 4 is 5.69 Å². The molecule has 0 saturated heterocycles. The lowest BCUT2D eigenvalue weighted by molar-refractivity contribution is 0.0992. The molecule has 16 heavy (non-hydrogen) atoms. The molecule has 0 aliphatic heterocycles. The van der Waals surface area contributed by atoms with Crippen LogP contribution in [0.4, 0.5) is 5.69 Å². The smallest absolute Gasteiger partial charge is 0.0991 e. The van der Waals surface area contributed by atoms with Gasteiger partial charge in [0, 0.05) is 12.2 Å². The lowest BCUT2D eigenvalue weighted by Crippen LogP contribution is -2.11. The van der Waals surface area contributed by atoms with E-state index in [2.05, 4.69) is 11.4 Å². The largest absolute Gasteiger partial charge is 0.394 e. The van der Waals surface area contributed by atoms with E-state index in [0.717, 1.165) is 11.3 Å². The number of aliphatic hydroxyl groups excluding tert-OH is 1. The van der Waals surface area contributed by atoms with Gasteiger partial charge in [-0.25, -0.2) is 0 Å². The van der Waals surface area contributed by atoms with Crippen molar-refractivity contribution in [3.8, 4) is 6.07 Å². The number of nitrogens with one attached hydrogen (secondary N) is 1. The van der Waals surface area contributed by atoms with Gasteiger partial charge in [-0.2, -0.15) is 5.26 Å². The monoisotopic (exact) mass is 220 g/mol. The Morgan fingerprint density at radius 2 is 2.25 bits per heavy atom. The molecular weight excluding hydrogens is 204 g/mol. The lowest BCUT2D eigenvalue weighted by atomic mass is 10.1. The van der Waals surface area contributed by atoms with Gasteiger partial charge in [-0.15, -0.1) is 0 Å². The number of nitrogens with zero attached hydrogens (tertiary/aromatic N) is 1. The predicted octanol–water partition coefficient (Wildman–Crippen LogP) is 1.29. The highest BCUT2D eigenvalue weighted by Gasteiger charge is 1.98. The zero-order chi connectivity index (χ0) is 11.8. The van der Waals surface area contributed by atoms with Crippen molar-refractivity contribution in [3.63, 3.8) is 0 Å². The summed E-state index contributed by atoms with van der Waals surface area (Å²) in [4.78, 5) is 0. The maximum atomic E-state index is 8.71. The Bertz CT molecular complexity index is 372. The van der Waals surface area contributed by atoms with Crippen molar-refractivity contribution in [2.24, 2.45) is 0 Å². The summed E-state index contributed by atoms with van der Waals surface area (Å²) >= 11 is 0. The third kappa shape index (κ3) is 3.89. The fourth-order valence-corrected chi connectivity index (χ4v) is 1.36. The van der Waals surface area contributed by atoms with Crippen molar-refractivity contribution in [2.45, 2.75) is 6.92 Å². The quantitative estimate of drug-likeness (QED) is 0.709. The van der Waals surface area contributed by atoms with Gasteiger partial charge in [0.1, 0.15) is 0 Å². The van der Waals surface area contributed by atoms with E-state index in [1.54, 1.807) is 6.07 Å². The minimum Gasteiger partial charge on any atom is -0.394 e. The molecule has 0 radical (unpaired) electrons. The molecule has 0 amide bonds. The summed E-state index contributed by atoms with van der Waals surface area (Å²) < 4.78 is 5.12. The van der Waals surface area contributed by atoms with Gasteiger partial charge >= 0.3 is 0 Å². The number of aliphatic hydroxyl groups is 1. The van der Waals surface area contributed by atoms with Gasteiger partial charge in [-0.05, 0) is 30.7 Å².